The van der Waals surface area contributed by atoms with Gasteiger partial charge >= 0.3 is 5.97 Å². The van der Waals surface area contributed by atoms with Crippen molar-refractivity contribution in [3.05, 3.63) is 21.4 Å². The Labute approximate surface area is 142 Å². The normalized spacial score (nSPS) is 21.0. The molecular weight excluding hydrogens is 310 g/mol. The van der Waals surface area contributed by atoms with Crippen LogP contribution in [-0.4, -0.2) is 24.5 Å². The lowest BCUT2D eigenvalue weighted by Crippen LogP contribution is -2.42. The Morgan fingerprint density at radius 2 is 2.09 bits per heavy atom. The van der Waals surface area contributed by atoms with E-state index in [0.29, 0.717) is 10.8 Å². The van der Waals surface area contributed by atoms with E-state index in [4.69, 9.17) is 4.74 Å². The molecule has 1 aromatic heterocycles. The molecule has 1 fully saturated rings. The topological polar surface area (TPSA) is 55.4 Å². The molecule has 4 nitrogen and oxygen atoms in total. The van der Waals surface area contributed by atoms with E-state index in [9.17, 15) is 9.59 Å². The second-order valence-corrected chi connectivity index (χ2v) is 7.71. The van der Waals surface area contributed by atoms with E-state index in [-0.39, 0.29) is 18.6 Å². The number of ether oxygens (including phenoxy) is 1. The minimum absolute atomic E-state index is 0.192. The number of nitrogens with one attached hydrogen (secondary N) is 1. The molecule has 0 aliphatic heterocycles. The van der Waals surface area contributed by atoms with E-state index in [1.54, 1.807) is 0 Å². The van der Waals surface area contributed by atoms with Crippen LogP contribution in [0.2, 0.25) is 0 Å². The zero-order valence-corrected chi connectivity index (χ0v) is 15.1. The van der Waals surface area contributed by atoms with Gasteiger partial charge < -0.3 is 10.1 Å². The van der Waals surface area contributed by atoms with Gasteiger partial charge in [0.15, 0.2) is 6.61 Å². The fraction of sp³-hybridized carbons (Fsp3) is 0.667. The first kappa shape index (κ1) is 18.0. The van der Waals surface area contributed by atoms with Crippen LogP contribution >= 0.6 is 11.3 Å². The van der Waals surface area contributed by atoms with E-state index in [1.807, 2.05) is 13.0 Å². The van der Waals surface area contributed by atoms with Gasteiger partial charge in [-0.3, -0.25) is 4.79 Å². The predicted molar refractivity (Wildman–Crippen MR) is 92.9 cm³/mol. The summed E-state index contributed by atoms with van der Waals surface area (Å²) in [7, 11) is 0. The minimum Gasteiger partial charge on any atom is -0.451 e. The molecule has 1 heterocycles. The van der Waals surface area contributed by atoms with Crippen molar-refractivity contribution in [2.75, 3.05) is 6.61 Å². The van der Waals surface area contributed by atoms with E-state index in [0.717, 1.165) is 37.0 Å². The summed E-state index contributed by atoms with van der Waals surface area (Å²) in [6.45, 7) is 6.11. The molecular formula is C18H27NO3S. The zero-order valence-electron chi connectivity index (χ0n) is 14.3. The molecule has 1 saturated carbocycles. The highest BCUT2D eigenvalue weighted by atomic mass is 32.1. The largest absolute Gasteiger partial charge is 0.451 e. The SMILES string of the molecule is CCCc1cc(C(=O)OCC(=O)N[C@H]2CCCC[C@H]2C)sc1C. The van der Waals surface area contributed by atoms with Crippen molar-refractivity contribution < 1.29 is 14.3 Å². The summed E-state index contributed by atoms with van der Waals surface area (Å²) in [5.74, 6) is -0.0913. The van der Waals surface area contributed by atoms with Crippen LogP contribution in [0.3, 0.4) is 0 Å². The quantitative estimate of drug-likeness (QED) is 0.802. The van der Waals surface area contributed by atoms with Crippen LogP contribution in [0.1, 0.15) is 66.1 Å². The van der Waals surface area contributed by atoms with Gasteiger partial charge in [-0.2, -0.15) is 0 Å². The lowest BCUT2D eigenvalue weighted by molar-refractivity contribution is -0.125. The van der Waals surface area contributed by atoms with Crippen molar-refractivity contribution in [3.8, 4) is 0 Å². The molecule has 2 atom stereocenters. The molecule has 0 radical (unpaired) electrons. The van der Waals surface area contributed by atoms with Crippen LogP contribution in [0.15, 0.2) is 6.07 Å². The predicted octanol–water partition coefficient (Wildman–Crippen LogP) is 3.86. The first-order valence-corrected chi connectivity index (χ1v) is 9.38. The third kappa shape index (κ3) is 5.06. The summed E-state index contributed by atoms with van der Waals surface area (Å²) in [4.78, 5) is 25.8. The van der Waals surface area contributed by atoms with Crippen LogP contribution in [0, 0.1) is 12.8 Å². The fourth-order valence-electron chi connectivity index (χ4n) is 3.12. The standard InChI is InChI=1S/C18H27NO3S/c1-4-7-14-10-16(23-13(14)3)18(21)22-11-17(20)19-15-9-6-5-8-12(15)2/h10,12,15H,4-9,11H2,1-3H3,(H,19,20)/t12-,15+/m1/s1. The molecule has 5 heteroatoms. The summed E-state index contributed by atoms with van der Waals surface area (Å²) in [5, 5.41) is 3.00. The van der Waals surface area contributed by atoms with Gasteiger partial charge in [-0.05, 0) is 43.7 Å². The zero-order chi connectivity index (χ0) is 16.8. The van der Waals surface area contributed by atoms with Crippen molar-refractivity contribution in [2.45, 2.75) is 65.3 Å². The summed E-state index contributed by atoms with van der Waals surface area (Å²) in [5.41, 5.74) is 1.20. The van der Waals surface area contributed by atoms with Crippen molar-refractivity contribution >= 4 is 23.2 Å². The van der Waals surface area contributed by atoms with Gasteiger partial charge in [0.1, 0.15) is 4.88 Å². The van der Waals surface area contributed by atoms with Crippen molar-refractivity contribution in [2.24, 2.45) is 5.92 Å². The van der Waals surface area contributed by atoms with Crippen molar-refractivity contribution in [1.82, 2.24) is 5.32 Å². The molecule has 1 aliphatic carbocycles. The molecule has 0 bridgehead atoms. The highest BCUT2D eigenvalue weighted by molar-refractivity contribution is 7.14. The first-order valence-electron chi connectivity index (χ1n) is 8.57. The number of hydrogen-bond acceptors (Lipinski definition) is 4. The number of rotatable bonds is 6. The number of carbonyl (C=O) groups is 2. The van der Waals surface area contributed by atoms with Crippen LogP contribution in [0.4, 0.5) is 0 Å². The third-order valence-corrected chi connectivity index (χ3v) is 5.61. The maximum Gasteiger partial charge on any atom is 0.348 e. The van der Waals surface area contributed by atoms with E-state index < -0.39 is 5.97 Å². The maximum atomic E-state index is 12.1. The Morgan fingerprint density at radius 1 is 1.35 bits per heavy atom. The Balaban J connectivity index is 1.81. The van der Waals surface area contributed by atoms with E-state index in [1.165, 1.54) is 23.3 Å². The average molecular weight is 337 g/mol. The highest BCUT2D eigenvalue weighted by Gasteiger charge is 2.23. The Hall–Kier alpha value is -1.36. The average Bonchev–Trinajstić information content (AvgIpc) is 2.89. The van der Waals surface area contributed by atoms with Crippen molar-refractivity contribution in [3.63, 3.8) is 0 Å². The number of aryl methyl sites for hydroxylation is 2. The molecule has 23 heavy (non-hydrogen) atoms. The molecule has 0 unspecified atom stereocenters. The number of carbonyl (C=O) groups excluding carboxylic acids is 2. The van der Waals surface area contributed by atoms with Crippen LogP contribution in [-0.2, 0) is 16.0 Å². The summed E-state index contributed by atoms with van der Waals surface area (Å²) < 4.78 is 5.17. The number of esters is 1. The summed E-state index contributed by atoms with van der Waals surface area (Å²) >= 11 is 1.44. The molecule has 1 aliphatic rings. The fourth-order valence-corrected chi connectivity index (χ4v) is 4.08. The van der Waals surface area contributed by atoms with Gasteiger partial charge in [0.2, 0.25) is 0 Å². The van der Waals surface area contributed by atoms with Gasteiger partial charge in [0.25, 0.3) is 5.91 Å². The highest BCUT2D eigenvalue weighted by Crippen LogP contribution is 2.24. The third-order valence-electron chi connectivity index (χ3n) is 4.53. The lowest BCUT2D eigenvalue weighted by atomic mass is 9.86. The molecule has 0 saturated heterocycles. The van der Waals surface area contributed by atoms with Gasteiger partial charge in [0, 0.05) is 10.9 Å². The maximum absolute atomic E-state index is 12.1. The van der Waals surface area contributed by atoms with E-state index >= 15 is 0 Å². The molecule has 0 aromatic carbocycles. The number of thiophene rings is 1. The second kappa shape index (κ2) is 8.48. The van der Waals surface area contributed by atoms with Gasteiger partial charge in [0.05, 0.1) is 0 Å². The van der Waals surface area contributed by atoms with Gasteiger partial charge in [-0.25, -0.2) is 4.79 Å². The van der Waals surface area contributed by atoms with Crippen LogP contribution < -0.4 is 5.32 Å². The Morgan fingerprint density at radius 3 is 2.78 bits per heavy atom. The van der Waals surface area contributed by atoms with Gasteiger partial charge in [-0.1, -0.05) is 33.1 Å². The molecule has 1 N–H and O–H groups in total. The summed E-state index contributed by atoms with van der Waals surface area (Å²) in [6, 6.07) is 2.11. The van der Waals surface area contributed by atoms with E-state index in [2.05, 4.69) is 19.2 Å². The Bertz CT molecular complexity index is 552. The van der Waals surface area contributed by atoms with Crippen LogP contribution in [0.5, 0.6) is 0 Å². The molecule has 0 spiro atoms. The second-order valence-electron chi connectivity index (χ2n) is 6.45. The monoisotopic (exact) mass is 337 g/mol. The summed E-state index contributed by atoms with van der Waals surface area (Å²) in [6.07, 6.45) is 6.58. The first-order chi connectivity index (χ1) is 11.0. The molecule has 1 aromatic rings. The minimum atomic E-state index is -0.396. The Kier molecular flexibility index (Phi) is 6.63. The molecule has 1 amide bonds. The molecule has 128 valence electrons. The van der Waals surface area contributed by atoms with Crippen LogP contribution in [0.25, 0.3) is 0 Å². The van der Waals surface area contributed by atoms with Gasteiger partial charge in [-0.15, -0.1) is 11.3 Å². The lowest BCUT2D eigenvalue weighted by Gasteiger charge is -2.29. The van der Waals surface area contributed by atoms with Crippen molar-refractivity contribution in [1.29, 1.82) is 0 Å². The molecule has 2 rings (SSSR count). The number of hydrogen-bond donors (Lipinski definition) is 1. The smallest absolute Gasteiger partial charge is 0.348 e. The number of amides is 1.